The van der Waals surface area contributed by atoms with Crippen molar-refractivity contribution in [2.45, 2.75) is 13.5 Å². The van der Waals surface area contributed by atoms with Gasteiger partial charge in [-0.15, -0.1) is 0 Å². The Hall–Kier alpha value is -2.35. The molecule has 19 heavy (non-hydrogen) atoms. The second kappa shape index (κ2) is 6.01. The van der Waals surface area contributed by atoms with Gasteiger partial charge < -0.3 is 21.0 Å². The lowest BCUT2D eigenvalue weighted by Gasteiger charge is -2.17. The molecule has 104 valence electrons. The number of hydrogen-bond acceptors (Lipinski definition) is 5. The molecule has 2 amide bonds. The van der Waals surface area contributed by atoms with E-state index < -0.39 is 17.8 Å². The van der Waals surface area contributed by atoms with Crippen molar-refractivity contribution >= 4 is 17.8 Å². The van der Waals surface area contributed by atoms with Gasteiger partial charge in [-0.05, 0) is 13.0 Å². The van der Waals surface area contributed by atoms with Crippen LogP contribution in [0.4, 0.5) is 0 Å². The van der Waals surface area contributed by atoms with Crippen LogP contribution >= 0.6 is 0 Å². The third-order valence-corrected chi connectivity index (χ3v) is 2.34. The number of hydrogen-bond donors (Lipinski definition) is 3. The predicted octanol–water partition coefficient (Wildman–Crippen LogP) is -0.941. The molecule has 0 saturated carbocycles. The number of carboxylic acid groups (broad SMARTS) is 1. The van der Waals surface area contributed by atoms with E-state index in [9.17, 15) is 14.4 Å². The summed E-state index contributed by atoms with van der Waals surface area (Å²) in [6.45, 7) is 1.23. The van der Waals surface area contributed by atoms with Crippen molar-refractivity contribution in [3.05, 3.63) is 23.2 Å². The topological polar surface area (TPSA) is 140 Å². The smallest absolute Gasteiger partial charge is 0.339 e. The molecule has 1 aromatic rings. The summed E-state index contributed by atoms with van der Waals surface area (Å²) in [7, 11) is 0. The molecule has 8 heteroatoms. The van der Waals surface area contributed by atoms with Gasteiger partial charge >= 0.3 is 5.97 Å². The number of amides is 2. The SMILES string of the molecule is Cc1oc(CN(CC(N)=O)CC(N)=O)cc1C(=O)O. The fraction of sp³-hybridized carbons (Fsp3) is 0.364. The quantitative estimate of drug-likeness (QED) is 0.583. The Morgan fingerprint density at radius 2 is 1.79 bits per heavy atom. The van der Waals surface area contributed by atoms with E-state index >= 15 is 0 Å². The number of nitrogens with zero attached hydrogens (tertiary/aromatic N) is 1. The van der Waals surface area contributed by atoms with E-state index in [-0.39, 0.29) is 31.0 Å². The molecule has 0 saturated heterocycles. The third kappa shape index (κ3) is 4.43. The standard InChI is InChI=1S/C11H15N3O5/c1-6-8(11(17)18)2-7(19-6)3-14(4-9(12)15)5-10(13)16/h2H,3-5H2,1H3,(H2,12,15)(H2,13,16)(H,17,18). The minimum Gasteiger partial charge on any atom is -0.478 e. The Labute approximate surface area is 108 Å². The first kappa shape index (κ1) is 14.7. The number of primary amides is 2. The number of aryl methyl sites for hydroxylation is 1. The summed E-state index contributed by atoms with van der Waals surface area (Å²) in [5.41, 5.74) is 10.1. The maximum atomic E-state index is 10.9. The van der Waals surface area contributed by atoms with E-state index in [1.165, 1.54) is 17.9 Å². The monoisotopic (exact) mass is 269 g/mol. The highest BCUT2D eigenvalue weighted by atomic mass is 16.4. The number of rotatable bonds is 7. The Balaban J connectivity index is 2.83. The average molecular weight is 269 g/mol. The molecule has 0 atom stereocenters. The second-order valence-electron chi connectivity index (χ2n) is 4.07. The van der Waals surface area contributed by atoms with Crippen LogP contribution < -0.4 is 11.5 Å². The Kier molecular flexibility index (Phi) is 4.65. The molecule has 0 aliphatic carbocycles. The molecule has 5 N–H and O–H groups in total. The number of furan rings is 1. The number of carbonyl (C=O) groups is 3. The highest BCUT2D eigenvalue weighted by Crippen LogP contribution is 2.16. The molecule has 0 radical (unpaired) electrons. The maximum absolute atomic E-state index is 10.9. The van der Waals surface area contributed by atoms with E-state index in [0.717, 1.165) is 0 Å². The summed E-state index contributed by atoms with van der Waals surface area (Å²) in [5, 5.41) is 8.88. The van der Waals surface area contributed by atoms with Crippen molar-refractivity contribution in [1.82, 2.24) is 4.90 Å². The van der Waals surface area contributed by atoms with Crippen molar-refractivity contribution in [1.29, 1.82) is 0 Å². The van der Waals surface area contributed by atoms with Gasteiger partial charge in [-0.25, -0.2) is 4.79 Å². The molecule has 0 aliphatic rings. The number of nitrogens with two attached hydrogens (primary N) is 2. The van der Waals surface area contributed by atoms with Crippen molar-refractivity contribution in [2.75, 3.05) is 13.1 Å². The van der Waals surface area contributed by atoms with E-state index in [2.05, 4.69) is 0 Å². The van der Waals surface area contributed by atoms with Crippen molar-refractivity contribution in [3.63, 3.8) is 0 Å². The predicted molar refractivity (Wildman–Crippen MR) is 64.1 cm³/mol. The van der Waals surface area contributed by atoms with Gasteiger partial charge in [0.05, 0.1) is 19.6 Å². The molecule has 1 rings (SSSR count). The zero-order valence-corrected chi connectivity index (χ0v) is 10.4. The number of carbonyl (C=O) groups excluding carboxylic acids is 2. The van der Waals surface area contributed by atoms with Crippen LogP contribution in [0.15, 0.2) is 10.5 Å². The Morgan fingerprint density at radius 3 is 2.16 bits per heavy atom. The summed E-state index contributed by atoms with van der Waals surface area (Å²) in [6.07, 6.45) is 0. The molecule has 1 heterocycles. The van der Waals surface area contributed by atoms with Crippen LogP contribution in [-0.4, -0.2) is 40.9 Å². The van der Waals surface area contributed by atoms with Crippen molar-refractivity contribution in [2.24, 2.45) is 11.5 Å². The lowest BCUT2D eigenvalue weighted by molar-refractivity contribution is -0.122. The molecule has 0 spiro atoms. The van der Waals surface area contributed by atoms with E-state index in [4.69, 9.17) is 21.0 Å². The zero-order valence-electron chi connectivity index (χ0n) is 10.4. The van der Waals surface area contributed by atoms with Crippen LogP contribution in [0, 0.1) is 6.92 Å². The van der Waals surface area contributed by atoms with Gasteiger partial charge in [0.25, 0.3) is 0 Å². The highest BCUT2D eigenvalue weighted by Gasteiger charge is 2.18. The summed E-state index contributed by atoms with van der Waals surface area (Å²) >= 11 is 0. The maximum Gasteiger partial charge on any atom is 0.339 e. The van der Waals surface area contributed by atoms with Crippen molar-refractivity contribution in [3.8, 4) is 0 Å². The number of carboxylic acids is 1. The minimum atomic E-state index is -1.11. The summed E-state index contributed by atoms with van der Waals surface area (Å²) in [6, 6.07) is 1.34. The normalized spacial score (nSPS) is 10.6. The van der Waals surface area contributed by atoms with Gasteiger partial charge in [0.15, 0.2) is 0 Å². The molecule has 8 nitrogen and oxygen atoms in total. The fourth-order valence-electron chi connectivity index (χ4n) is 1.66. The fourth-order valence-corrected chi connectivity index (χ4v) is 1.66. The van der Waals surface area contributed by atoms with E-state index in [1.54, 1.807) is 0 Å². The first-order valence-electron chi connectivity index (χ1n) is 5.41. The summed E-state index contributed by atoms with van der Waals surface area (Å²) < 4.78 is 5.24. The molecule has 0 aliphatic heterocycles. The van der Waals surface area contributed by atoms with Crippen LogP contribution in [0.2, 0.25) is 0 Å². The third-order valence-electron chi connectivity index (χ3n) is 2.34. The second-order valence-corrected chi connectivity index (χ2v) is 4.07. The Bertz CT molecular complexity index is 492. The molecule has 0 bridgehead atoms. The van der Waals surface area contributed by atoms with Crippen LogP contribution in [-0.2, 0) is 16.1 Å². The van der Waals surface area contributed by atoms with E-state index in [0.29, 0.717) is 5.76 Å². The van der Waals surface area contributed by atoms with Crippen LogP contribution in [0.5, 0.6) is 0 Å². The zero-order chi connectivity index (χ0) is 14.6. The largest absolute Gasteiger partial charge is 0.478 e. The lowest BCUT2D eigenvalue weighted by Crippen LogP contribution is -2.39. The van der Waals surface area contributed by atoms with Crippen molar-refractivity contribution < 1.29 is 23.9 Å². The van der Waals surface area contributed by atoms with Gasteiger partial charge in [0.1, 0.15) is 17.1 Å². The van der Waals surface area contributed by atoms with Crippen LogP contribution in [0.3, 0.4) is 0 Å². The van der Waals surface area contributed by atoms with Gasteiger partial charge in [-0.2, -0.15) is 0 Å². The minimum absolute atomic E-state index is 0.0353. The molecular formula is C11H15N3O5. The average Bonchev–Trinajstić information content (AvgIpc) is 2.57. The highest BCUT2D eigenvalue weighted by molar-refractivity contribution is 5.88. The first-order chi connectivity index (χ1) is 8.79. The van der Waals surface area contributed by atoms with Gasteiger partial charge in [-0.1, -0.05) is 0 Å². The van der Waals surface area contributed by atoms with E-state index in [1.807, 2.05) is 0 Å². The summed E-state index contributed by atoms with van der Waals surface area (Å²) in [5.74, 6) is -1.78. The Morgan fingerprint density at radius 1 is 1.26 bits per heavy atom. The lowest BCUT2D eigenvalue weighted by atomic mass is 10.2. The molecule has 0 aromatic carbocycles. The number of aromatic carboxylic acids is 1. The first-order valence-corrected chi connectivity index (χ1v) is 5.41. The van der Waals surface area contributed by atoms with Gasteiger partial charge in [0, 0.05) is 0 Å². The summed E-state index contributed by atoms with van der Waals surface area (Å²) in [4.78, 5) is 34.0. The van der Waals surface area contributed by atoms with Crippen LogP contribution in [0.25, 0.3) is 0 Å². The van der Waals surface area contributed by atoms with Crippen LogP contribution in [0.1, 0.15) is 21.9 Å². The molecule has 1 aromatic heterocycles. The molecular weight excluding hydrogens is 254 g/mol. The van der Waals surface area contributed by atoms with Gasteiger partial charge in [0.2, 0.25) is 11.8 Å². The molecule has 0 unspecified atom stereocenters. The molecule has 0 fully saturated rings. The van der Waals surface area contributed by atoms with Gasteiger partial charge in [-0.3, -0.25) is 14.5 Å².